The molecule has 3 heterocycles. The molecule has 1 saturated carbocycles. The summed E-state index contributed by atoms with van der Waals surface area (Å²) in [5.74, 6) is -1.78. The number of fused-ring (bicyclic) bond motifs is 1. The van der Waals surface area contributed by atoms with Crippen molar-refractivity contribution in [3.63, 3.8) is 0 Å². The summed E-state index contributed by atoms with van der Waals surface area (Å²) in [6, 6.07) is 5.46. The first kappa shape index (κ1) is 29.9. The maximum absolute atomic E-state index is 14.2. The van der Waals surface area contributed by atoms with E-state index < -0.39 is 41.5 Å². The van der Waals surface area contributed by atoms with Crippen LogP contribution in [0, 0.1) is 25.6 Å². The number of anilines is 2. The molecule has 5 rings (SSSR count). The first-order valence-corrected chi connectivity index (χ1v) is 14.1. The second kappa shape index (κ2) is 11.2. The van der Waals surface area contributed by atoms with Crippen molar-refractivity contribution in [1.82, 2.24) is 19.9 Å². The van der Waals surface area contributed by atoms with Crippen molar-refractivity contribution < 1.29 is 33.2 Å². The van der Waals surface area contributed by atoms with Crippen molar-refractivity contribution >= 4 is 33.3 Å². The Balaban J connectivity index is 1.50. The standard InChI is InChI=1S/C28H31F3N6O4S/c1-13-20(24-35-21-14(2)32-10-8-19(21)42-24)23(37-28(40)9-7-16(22(28)38)27(3,4)39)36-26(34-13)33-12-15-5-6-18(17(29)11-15)41-25(30)31/h5-6,8,10-11,16,22,25,38-40H,7,9,12H2,1-4H3,(H2,33,34,36,37)/t16-,22+,28+/m0/s1. The minimum absolute atomic E-state index is 0.0454. The highest BCUT2D eigenvalue weighted by atomic mass is 32.1. The Morgan fingerprint density at radius 3 is 2.57 bits per heavy atom. The number of nitrogens with one attached hydrogen (secondary N) is 2. The van der Waals surface area contributed by atoms with E-state index in [0.29, 0.717) is 33.8 Å². The molecule has 1 aliphatic carbocycles. The molecule has 1 aliphatic rings. The molecule has 0 aliphatic heterocycles. The van der Waals surface area contributed by atoms with Crippen LogP contribution < -0.4 is 15.4 Å². The summed E-state index contributed by atoms with van der Waals surface area (Å²) >= 11 is 1.40. The summed E-state index contributed by atoms with van der Waals surface area (Å²) in [6.45, 7) is 3.67. The van der Waals surface area contributed by atoms with Crippen LogP contribution in [0.1, 0.15) is 43.6 Å². The van der Waals surface area contributed by atoms with Crippen LogP contribution in [-0.4, -0.2) is 59.3 Å². The number of pyridine rings is 1. The number of hydrogen-bond acceptors (Lipinski definition) is 11. The number of halogens is 3. The Bertz CT molecular complexity index is 1610. The molecule has 14 heteroatoms. The highest BCUT2D eigenvalue weighted by molar-refractivity contribution is 7.21. The SMILES string of the molecule is Cc1nc(NCc2ccc(OC(F)F)c(F)c2)nc(N[C@@]2(O)CC[C@H](C(C)(C)O)[C@H]2O)c1-c1nc2c(C)nccc2s1. The minimum Gasteiger partial charge on any atom is -0.432 e. The smallest absolute Gasteiger partial charge is 0.387 e. The van der Waals surface area contributed by atoms with Gasteiger partial charge in [0.15, 0.2) is 17.3 Å². The van der Waals surface area contributed by atoms with Gasteiger partial charge in [-0.05, 0) is 64.3 Å². The lowest BCUT2D eigenvalue weighted by atomic mass is 9.87. The molecule has 0 unspecified atom stereocenters. The van der Waals surface area contributed by atoms with Crippen molar-refractivity contribution in [1.29, 1.82) is 0 Å². The molecule has 5 N–H and O–H groups in total. The fourth-order valence-electron chi connectivity index (χ4n) is 5.21. The van der Waals surface area contributed by atoms with Crippen LogP contribution in [-0.2, 0) is 6.54 Å². The number of aryl methyl sites for hydroxylation is 2. The number of thiazole rings is 1. The zero-order valence-corrected chi connectivity index (χ0v) is 24.1. The van der Waals surface area contributed by atoms with Gasteiger partial charge in [0.2, 0.25) is 5.95 Å². The number of alkyl halides is 2. The highest BCUT2D eigenvalue weighted by Crippen LogP contribution is 2.43. The lowest BCUT2D eigenvalue weighted by Crippen LogP contribution is -2.51. The van der Waals surface area contributed by atoms with Gasteiger partial charge in [0.25, 0.3) is 0 Å². The van der Waals surface area contributed by atoms with Crippen LogP contribution >= 0.6 is 11.3 Å². The zero-order valence-electron chi connectivity index (χ0n) is 23.3. The predicted molar refractivity (Wildman–Crippen MR) is 152 cm³/mol. The number of benzene rings is 1. The average Bonchev–Trinajstić information content (AvgIpc) is 3.45. The number of ether oxygens (including phenoxy) is 1. The largest absolute Gasteiger partial charge is 0.432 e. The van der Waals surface area contributed by atoms with E-state index >= 15 is 0 Å². The van der Waals surface area contributed by atoms with Gasteiger partial charge < -0.3 is 30.7 Å². The summed E-state index contributed by atoms with van der Waals surface area (Å²) in [7, 11) is 0. The Morgan fingerprint density at radius 1 is 1.17 bits per heavy atom. The number of nitrogens with zero attached hydrogens (tertiary/aromatic N) is 4. The lowest BCUT2D eigenvalue weighted by molar-refractivity contribution is -0.0926. The van der Waals surface area contributed by atoms with Crippen LogP contribution in [0.25, 0.3) is 20.8 Å². The third-order valence-corrected chi connectivity index (χ3v) is 8.44. The topological polar surface area (TPSA) is 146 Å². The summed E-state index contributed by atoms with van der Waals surface area (Å²) < 4.78 is 44.3. The molecule has 0 spiro atoms. The first-order valence-electron chi connectivity index (χ1n) is 13.2. The van der Waals surface area contributed by atoms with Gasteiger partial charge >= 0.3 is 6.61 Å². The van der Waals surface area contributed by atoms with Crippen LogP contribution in [0.5, 0.6) is 5.75 Å². The van der Waals surface area contributed by atoms with Crippen LogP contribution in [0.15, 0.2) is 30.5 Å². The third kappa shape index (κ3) is 5.98. The van der Waals surface area contributed by atoms with E-state index in [1.54, 1.807) is 27.0 Å². The molecule has 1 aromatic carbocycles. The molecule has 0 radical (unpaired) electrons. The van der Waals surface area contributed by atoms with Crippen LogP contribution in [0.3, 0.4) is 0 Å². The van der Waals surface area contributed by atoms with Gasteiger partial charge in [-0.3, -0.25) is 4.98 Å². The molecule has 4 aromatic rings. The zero-order chi connectivity index (χ0) is 30.4. The fraction of sp³-hybridized carbons (Fsp3) is 0.429. The van der Waals surface area contributed by atoms with Crippen molar-refractivity contribution in [3.05, 3.63) is 53.2 Å². The summed E-state index contributed by atoms with van der Waals surface area (Å²) in [5, 5.41) is 39.7. The monoisotopic (exact) mass is 604 g/mol. The Kier molecular flexibility index (Phi) is 8.00. The molecule has 0 saturated heterocycles. The lowest BCUT2D eigenvalue weighted by Gasteiger charge is -2.34. The Morgan fingerprint density at radius 2 is 1.93 bits per heavy atom. The van der Waals surface area contributed by atoms with Crippen molar-refractivity contribution in [2.24, 2.45) is 5.92 Å². The Hall–Kier alpha value is -3.59. The number of aromatic nitrogens is 4. The van der Waals surface area contributed by atoms with E-state index in [1.165, 1.54) is 17.4 Å². The molecule has 3 atom stereocenters. The quantitative estimate of drug-likeness (QED) is 0.170. The average molecular weight is 605 g/mol. The summed E-state index contributed by atoms with van der Waals surface area (Å²) in [6.07, 6.45) is 0.888. The van der Waals surface area contributed by atoms with E-state index in [1.807, 2.05) is 13.0 Å². The molecule has 10 nitrogen and oxygen atoms in total. The van der Waals surface area contributed by atoms with Gasteiger partial charge in [0, 0.05) is 18.7 Å². The molecule has 1 fully saturated rings. The molecule has 0 amide bonds. The van der Waals surface area contributed by atoms with E-state index in [-0.39, 0.29) is 24.7 Å². The maximum atomic E-state index is 14.2. The van der Waals surface area contributed by atoms with Gasteiger partial charge in [0.1, 0.15) is 22.4 Å². The van der Waals surface area contributed by atoms with Gasteiger partial charge in [-0.1, -0.05) is 6.07 Å². The van der Waals surface area contributed by atoms with Crippen molar-refractivity contribution in [3.8, 4) is 16.3 Å². The van der Waals surface area contributed by atoms with Crippen LogP contribution in [0.2, 0.25) is 0 Å². The second-order valence-corrected chi connectivity index (χ2v) is 11.9. The fourth-order valence-corrected chi connectivity index (χ4v) is 6.32. The van der Waals surface area contributed by atoms with Crippen molar-refractivity contribution in [2.75, 3.05) is 10.6 Å². The maximum Gasteiger partial charge on any atom is 0.387 e. The molecular weight excluding hydrogens is 573 g/mol. The number of aliphatic hydroxyl groups excluding tert-OH is 1. The molecular formula is C28H31F3N6O4S. The second-order valence-electron chi connectivity index (χ2n) is 10.9. The van der Waals surface area contributed by atoms with Gasteiger partial charge in [-0.25, -0.2) is 14.4 Å². The van der Waals surface area contributed by atoms with E-state index in [9.17, 15) is 28.5 Å². The number of rotatable bonds is 9. The van der Waals surface area contributed by atoms with E-state index in [2.05, 4.69) is 30.3 Å². The molecule has 3 aromatic heterocycles. The minimum atomic E-state index is -3.15. The Labute approximate surface area is 243 Å². The van der Waals surface area contributed by atoms with Crippen LogP contribution in [0.4, 0.5) is 24.9 Å². The molecule has 0 bridgehead atoms. The van der Waals surface area contributed by atoms with Gasteiger partial charge in [-0.2, -0.15) is 13.8 Å². The van der Waals surface area contributed by atoms with Crippen molar-refractivity contribution in [2.45, 2.75) is 71.1 Å². The highest BCUT2D eigenvalue weighted by Gasteiger charge is 2.52. The van der Waals surface area contributed by atoms with Gasteiger partial charge in [0.05, 0.1) is 27.3 Å². The molecule has 42 heavy (non-hydrogen) atoms. The molecule has 224 valence electrons. The van der Waals surface area contributed by atoms with E-state index in [4.69, 9.17) is 4.98 Å². The number of aliphatic hydroxyl groups is 3. The summed E-state index contributed by atoms with van der Waals surface area (Å²) in [4.78, 5) is 18.2. The third-order valence-electron chi connectivity index (χ3n) is 7.41. The van der Waals surface area contributed by atoms with Gasteiger partial charge in [-0.15, -0.1) is 11.3 Å². The van der Waals surface area contributed by atoms with E-state index in [0.717, 1.165) is 22.5 Å². The normalized spacial score (nSPS) is 20.8. The summed E-state index contributed by atoms with van der Waals surface area (Å²) in [5.41, 5.74) is -0.152. The first-order chi connectivity index (χ1) is 19.7. The predicted octanol–water partition coefficient (Wildman–Crippen LogP) is 4.76. The number of hydrogen-bond donors (Lipinski definition) is 5.